The average molecular weight is 408 g/mol. The molecule has 0 aromatic heterocycles. The van der Waals surface area contributed by atoms with Crippen LogP contribution in [-0.2, 0) is 13.7 Å². The van der Waals surface area contributed by atoms with Crippen molar-refractivity contribution in [3.8, 4) is 5.75 Å². The van der Waals surface area contributed by atoms with Crippen LogP contribution >= 0.6 is 10.3 Å². The molecule has 9 heteroatoms. The largest absolute Gasteiger partial charge is 0.523 e. The van der Waals surface area contributed by atoms with Gasteiger partial charge < -0.3 is 4.74 Å². The number of rotatable bonds is 5. The zero-order valence-electron chi connectivity index (χ0n) is 14.1. The van der Waals surface area contributed by atoms with E-state index < -0.39 is 25.9 Å². The second-order valence-electron chi connectivity index (χ2n) is 5.94. The van der Waals surface area contributed by atoms with Crippen LogP contribution in [-0.4, -0.2) is 32.0 Å². The molecule has 0 unspecified atom stereocenters. The summed E-state index contributed by atoms with van der Waals surface area (Å²) in [4.78, 5) is 0.530. The number of fused-ring (bicyclic) bond motifs is 1. The highest BCUT2D eigenvalue weighted by Gasteiger charge is 2.52. The number of hydrogen-bond donors (Lipinski definition) is 0. The number of hydrogen-bond acceptors (Lipinski definition) is 4. The van der Waals surface area contributed by atoms with Gasteiger partial charge >= 0.3 is 15.6 Å². The molecule has 0 amide bonds. The van der Waals surface area contributed by atoms with E-state index in [1.807, 2.05) is 13.0 Å². The lowest BCUT2D eigenvalue weighted by Crippen LogP contribution is -2.27. The predicted molar refractivity (Wildman–Crippen MR) is 96.0 cm³/mol. The lowest BCUT2D eigenvalue weighted by Gasteiger charge is -2.35. The van der Waals surface area contributed by atoms with Gasteiger partial charge in [0, 0.05) is 21.8 Å². The van der Waals surface area contributed by atoms with Crippen LogP contribution in [0, 0.1) is 0 Å². The molecule has 3 rings (SSSR count). The van der Waals surface area contributed by atoms with Gasteiger partial charge in [0.05, 0.1) is 6.61 Å². The van der Waals surface area contributed by atoms with Crippen LogP contribution in [0.15, 0.2) is 41.3 Å². The Labute approximate surface area is 151 Å². The maximum Gasteiger partial charge on any atom is 0.523 e. The molecule has 1 aliphatic rings. The minimum atomic E-state index is -5.67. The molecule has 0 aliphatic carbocycles. The van der Waals surface area contributed by atoms with Gasteiger partial charge in [-0.2, -0.15) is 21.6 Å². The zero-order valence-corrected chi connectivity index (χ0v) is 15.7. The van der Waals surface area contributed by atoms with Crippen LogP contribution in [0.3, 0.4) is 0 Å². The first-order valence-electron chi connectivity index (χ1n) is 8.16. The van der Waals surface area contributed by atoms with Crippen LogP contribution in [0.25, 0.3) is 10.8 Å². The minimum absolute atomic E-state index is 0.292. The summed E-state index contributed by atoms with van der Waals surface area (Å²) in [6.07, 6.45) is 1.26. The maximum atomic E-state index is 12.9. The Hall–Kier alpha value is -1.45. The molecular formula is C17H19F3O4S2. The van der Waals surface area contributed by atoms with E-state index in [0.717, 1.165) is 5.39 Å². The molecule has 0 saturated carbocycles. The number of ether oxygens (including phenoxy) is 1. The van der Waals surface area contributed by atoms with Crippen molar-refractivity contribution in [2.24, 2.45) is 0 Å². The molecule has 0 N–H and O–H groups in total. The lowest BCUT2D eigenvalue weighted by atomic mass is 10.1. The molecule has 2 aromatic rings. The monoisotopic (exact) mass is 408 g/mol. The fourth-order valence-electron chi connectivity index (χ4n) is 3.16. The predicted octanol–water partition coefficient (Wildman–Crippen LogP) is 4.98. The van der Waals surface area contributed by atoms with Gasteiger partial charge in [-0.25, -0.2) is 3.63 Å². The van der Waals surface area contributed by atoms with Crippen molar-refractivity contribution in [2.75, 3.05) is 18.1 Å². The summed E-state index contributed by atoms with van der Waals surface area (Å²) in [7, 11) is -8.27. The van der Waals surface area contributed by atoms with Crippen molar-refractivity contribution in [2.45, 2.75) is 30.2 Å². The van der Waals surface area contributed by atoms with Crippen molar-refractivity contribution in [1.29, 1.82) is 0 Å². The van der Waals surface area contributed by atoms with Gasteiger partial charge in [-0.1, -0.05) is 34.6 Å². The van der Waals surface area contributed by atoms with E-state index in [9.17, 15) is 21.6 Å². The van der Waals surface area contributed by atoms with Gasteiger partial charge in [0.15, 0.2) is 0 Å². The Balaban J connectivity index is 2.17. The van der Waals surface area contributed by atoms with Crippen LogP contribution in [0.2, 0.25) is 0 Å². The molecule has 1 saturated heterocycles. The minimum Gasteiger partial charge on any atom is -0.493 e. The number of benzene rings is 2. The summed E-state index contributed by atoms with van der Waals surface area (Å²) in [6.45, 7) is 2.28. The maximum absolute atomic E-state index is 12.9. The molecule has 144 valence electrons. The van der Waals surface area contributed by atoms with Crippen LogP contribution in [0.4, 0.5) is 13.2 Å². The van der Waals surface area contributed by atoms with Crippen molar-refractivity contribution >= 4 is 31.2 Å². The quantitative estimate of drug-likeness (QED) is 0.655. The third-order valence-electron chi connectivity index (χ3n) is 4.25. The summed E-state index contributed by atoms with van der Waals surface area (Å²) in [5.41, 5.74) is -5.43. The van der Waals surface area contributed by atoms with E-state index in [2.05, 4.69) is 0 Å². The molecule has 0 spiro atoms. The van der Waals surface area contributed by atoms with Crippen molar-refractivity contribution in [3.63, 3.8) is 0 Å². The fourth-order valence-corrected chi connectivity index (χ4v) is 8.55. The zero-order chi connectivity index (χ0) is 19.0. The second kappa shape index (κ2) is 6.94. The van der Waals surface area contributed by atoms with Crippen LogP contribution in [0.1, 0.15) is 19.8 Å². The Morgan fingerprint density at radius 1 is 1.04 bits per heavy atom. The van der Waals surface area contributed by atoms with Crippen LogP contribution < -0.4 is 4.74 Å². The summed E-state index contributed by atoms with van der Waals surface area (Å²) in [5.74, 6) is 1.19. The fraction of sp³-hybridized carbons (Fsp3) is 0.412. The number of alkyl halides is 3. The Bertz CT molecular complexity index is 904. The second-order valence-corrected chi connectivity index (χ2v) is 10.7. The van der Waals surface area contributed by atoms with E-state index in [4.69, 9.17) is 8.37 Å². The third-order valence-corrected chi connectivity index (χ3v) is 9.63. The summed E-state index contributed by atoms with van der Waals surface area (Å²) >= 11 is 0. The van der Waals surface area contributed by atoms with Crippen molar-refractivity contribution < 1.29 is 30.0 Å². The molecule has 1 heterocycles. The average Bonchev–Trinajstić information content (AvgIpc) is 3.03. The van der Waals surface area contributed by atoms with Gasteiger partial charge in [0.25, 0.3) is 0 Å². The van der Waals surface area contributed by atoms with Gasteiger partial charge in [0.1, 0.15) is 5.75 Å². The third kappa shape index (κ3) is 3.39. The first-order valence-corrected chi connectivity index (χ1v) is 11.5. The summed E-state index contributed by atoms with van der Waals surface area (Å²) in [5, 5.41) is 1.41. The van der Waals surface area contributed by atoms with E-state index in [1.54, 1.807) is 30.3 Å². The van der Waals surface area contributed by atoms with E-state index >= 15 is 0 Å². The Morgan fingerprint density at radius 3 is 2.23 bits per heavy atom. The van der Waals surface area contributed by atoms with Gasteiger partial charge in [-0.15, -0.1) is 0 Å². The molecule has 0 bridgehead atoms. The molecule has 0 atom stereocenters. The van der Waals surface area contributed by atoms with E-state index in [1.165, 1.54) is 0 Å². The first-order chi connectivity index (χ1) is 12.2. The molecule has 2 aromatic carbocycles. The SMILES string of the molecule is CCOc1ccc(S2(OS(=O)(=O)C(F)(F)F)CCCC2)c2ccccc12. The van der Waals surface area contributed by atoms with Crippen molar-refractivity contribution in [3.05, 3.63) is 36.4 Å². The molecule has 26 heavy (non-hydrogen) atoms. The van der Waals surface area contributed by atoms with E-state index in [0.29, 0.717) is 47.0 Å². The molecule has 1 fully saturated rings. The molecule has 1 aliphatic heterocycles. The van der Waals surface area contributed by atoms with Gasteiger partial charge in [0.2, 0.25) is 0 Å². The smallest absolute Gasteiger partial charge is 0.493 e. The topological polar surface area (TPSA) is 52.6 Å². The highest BCUT2D eigenvalue weighted by molar-refractivity contribution is 8.33. The Morgan fingerprint density at radius 2 is 1.65 bits per heavy atom. The summed E-state index contributed by atoms with van der Waals surface area (Å²) < 4.78 is 72.8. The van der Waals surface area contributed by atoms with Crippen LogP contribution in [0.5, 0.6) is 5.75 Å². The summed E-state index contributed by atoms with van der Waals surface area (Å²) in [6, 6.07) is 10.5. The molecular weight excluding hydrogens is 389 g/mol. The standard InChI is InChI=1S/C17H19F3O4S2/c1-2-23-15-9-10-16(14-8-4-3-7-13(14)15)25(11-5-6-12-25)24-26(21,22)17(18,19)20/h3-4,7-10H,2,5-6,11-12H2,1H3. The highest BCUT2D eigenvalue weighted by atomic mass is 32.3. The van der Waals surface area contributed by atoms with E-state index in [-0.39, 0.29) is 0 Å². The Kier molecular flexibility index (Phi) is 5.15. The van der Waals surface area contributed by atoms with Gasteiger partial charge in [-0.3, -0.25) is 0 Å². The molecule has 0 radical (unpaired) electrons. The first kappa shape index (κ1) is 19.3. The van der Waals surface area contributed by atoms with Gasteiger partial charge in [-0.05, 0) is 37.3 Å². The number of halogens is 3. The van der Waals surface area contributed by atoms with Crippen molar-refractivity contribution in [1.82, 2.24) is 0 Å². The lowest BCUT2D eigenvalue weighted by molar-refractivity contribution is -0.0496. The molecule has 4 nitrogen and oxygen atoms in total. The normalized spacial score (nSPS) is 18.8. The highest BCUT2D eigenvalue weighted by Crippen LogP contribution is 2.65.